The van der Waals surface area contributed by atoms with Crippen molar-refractivity contribution in [2.45, 2.75) is 62.8 Å². The smallest absolute Gasteiger partial charge is 0.338 e. The van der Waals surface area contributed by atoms with Crippen LogP contribution in [0.15, 0.2) is 57.5 Å². The van der Waals surface area contributed by atoms with Crippen LogP contribution in [0.4, 0.5) is 0 Å². The lowest BCUT2D eigenvalue weighted by atomic mass is 9.99. The van der Waals surface area contributed by atoms with Crippen LogP contribution in [0.2, 0.25) is 0 Å². The van der Waals surface area contributed by atoms with Crippen molar-refractivity contribution in [3.05, 3.63) is 68.6 Å². The van der Waals surface area contributed by atoms with E-state index in [-0.39, 0.29) is 17.4 Å². The number of ether oxygens (including phenoxy) is 5. The van der Waals surface area contributed by atoms with E-state index in [9.17, 15) is 19.2 Å². The van der Waals surface area contributed by atoms with Gasteiger partial charge in [0.25, 0.3) is 0 Å². The van der Waals surface area contributed by atoms with Crippen LogP contribution in [0.3, 0.4) is 0 Å². The van der Waals surface area contributed by atoms with Gasteiger partial charge in [-0.1, -0.05) is 45.7 Å². The van der Waals surface area contributed by atoms with Gasteiger partial charge in [0, 0.05) is 28.0 Å². The summed E-state index contributed by atoms with van der Waals surface area (Å²) in [7, 11) is 0. The zero-order valence-corrected chi connectivity index (χ0v) is 25.6. The van der Waals surface area contributed by atoms with Crippen LogP contribution in [0.25, 0.3) is 0 Å². The molecule has 0 bridgehead atoms. The Morgan fingerprint density at radius 2 is 1.26 bits per heavy atom. The summed E-state index contributed by atoms with van der Waals surface area (Å²) in [6.07, 6.45) is -4.64. The molecular formula is C27H28Br2O9S. The molecule has 0 aliphatic carbocycles. The predicted octanol–water partition coefficient (Wildman–Crippen LogP) is 5.32. The molecule has 0 aromatic heterocycles. The summed E-state index contributed by atoms with van der Waals surface area (Å²) in [5, 5.41) is 0.0267. The summed E-state index contributed by atoms with van der Waals surface area (Å²) in [4.78, 5) is 50.0. The molecule has 210 valence electrons. The first kappa shape index (κ1) is 31.1. The molecule has 12 heteroatoms. The van der Waals surface area contributed by atoms with Gasteiger partial charge in [-0.2, -0.15) is 0 Å². The topological polar surface area (TPSA) is 114 Å². The highest BCUT2D eigenvalue weighted by Crippen LogP contribution is 2.36. The highest BCUT2D eigenvalue weighted by Gasteiger charge is 2.52. The van der Waals surface area contributed by atoms with Crippen LogP contribution in [-0.2, 0) is 33.3 Å². The van der Waals surface area contributed by atoms with Gasteiger partial charge in [0.2, 0.25) is 0 Å². The Morgan fingerprint density at radius 3 is 1.74 bits per heavy atom. The molecule has 39 heavy (non-hydrogen) atoms. The van der Waals surface area contributed by atoms with E-state index < -0.39 is 53.7 Å². The number of benzene rings is 2. The molecule has 0 N–H and O–H groups in total. The van der Waals surface area contributed by atoms with E-state index in [0.717, 1.165) is 8.95 Å². The van der Waals surface area contributed by atoms with Crippen LogP contribution in [0.1, 0.15) is 48.4 Å². The quantitative estimate of drug-likeness (QED) is 0.253. The van der Waals surface area contributed by atoms with Crippen molar-refractivity contribution in [3.8, 4) is 0 Å². The first-order valence-electron chi connectivity index (χ1n) is 12.0. The van der Waals surface area contributed by atoms with E-state index in [2.05, 4.69) is 31.9 Å². The average Bonchev–Trinajstić information content (AvgIpc) is 2.86. The molecule has 1 aliphatic heterocycles. The Kier molecular flexibility index (Phi) is 11.4. The Bertz CT molecular complexity index is 1170. The molecule has 0 unspecified atom stereocenters. The number of hydrogen-bond donors (Lipinski definition) is 0. The predicted molar refractivity (Wildman–Crippen MR) is 150 cm³/mol. The van der Waals surface area contributed by atoms with Crippen molar-refractivity contribution < 1.29 is 42.9 Å². The third kappa shape index (κ3) is 9.06. The Hall–Kier alpha value is -2.41. The molecule has 1 aliphatic rings. The minimum atomic E-state index is -1.27. The lowest BCUT2D eigenvalue weighted by Crippen LogP contribution is -2.61. The molecule has 3 rings (SSSR count). The molecule has 0 spiro atoms. The van der Waals surface area contributed by atoms with Gasteiger partial charge in [-0.05, 0) is 48.5 Å². The number of halogens is 2. The summed E-state index contributed by atoms with van der Waals surface area (Å²) >= 11 is 7.97. The second-order valence-corrected chi connectivity index (χ2v) is 12.4. The van der Waals surface area contributed by atoms with Gasteiger partial charge < -0.3 is 23.7 Å². The molecule has 0 saturated carbocycles. The minimum absolute atomic E-state index is 0.0267. The second-order valence-electron chi connectivity index (χ2n) is 8.86. The van der Waals surface area contributed by atoms with Crippen molar-refractivity contribution in [1.29, 1.82) is 0 Å². The van der Waals surface area contributed by atoms with Gasteiger partial charge in [0.1, 0.15) is 18.1 Å². The monoisotopic (exact) mass is 686 g/mol. The minimum Gasteiger partial charge on any atom is -0.459 e. The summed E-state index contributed by atoms with van der Waals surface area (Å²) < 4.78 is 30.2. The van der Waals surface area contributed by atoms with E-state index >= 15 is 0 Å². The van der Waals surface area contributed by atoms with Crippen LogP contribution >= 0.6 is 43.6 Å². The summed E-state index contributed by atoms with van der Waals surface area (Å²) in [6.45, 7) is 5.93. The highest BCUT2D eigenvalue weighted by molar-refractivity contribution is 9.10. The van der Waals surface area contributed by atoms with Crippen LogP contribution in [0.5, 0.6) is 0 Å². The lowest BCUT2D eigenvalue weighted by Gasteiger charge is -2.44. The molecule has 5 atom stereocenters. The third-order valence-electron chi connectivity index (χ3n) is 5.38. The van der Waals surface area contributed by atoms with E-state index in [4.69, 9.17) is 23.7 Å². The fraction of sp³-hybridized carbons (Fsp3) is 0.407. The van der Waals surface area contributed by atoms with Crippen molar-refractivity contribution in [1.82, 2.24) is 0 Å². The van der Waals surface area contributed by atoms with Gasteiger partial charge in [-0.3, -0.25) is 9.59 Å². The maximum atomic E-state index is 13.1. The Labute approximate surface area is 247 Å². The summed E-state index contributed by atoms with van der Waals surface area (Å²) in [5.41, 5.74) is -0.273. The maximum absolute atomic E-state index is 13.1. The number of carbonyl (C=O) groups is 4. The van der Waals surface area contributed by atoms with Crippen molar-refractivity contribution in [2.24, 2.45) is 0 Å². The average molecular weight is 688 g/mol. The third-order valence-corrected chi connectivity index (χ3v) is 7.63. The van der Waals surface area contributed by atoms with Gasteiger partial charge in [0.05, 0.1) is 11.1 Å². The molecule has 0 amide bonds. The van der Waals surface area contributed by atoms with Crippen LogP contribution < -0.4 is 0 Å². The van der Waals surface area contributed by atoms with Crippen LogP contribution in [-0.4, -0.2) is 65.6 Å². The van der Waals surface area contributed by atoms with Crippen LogP contribution in [0, 0.1) is 0 Å². The number of rotatable bonds is 9. The van der Waals surface area contributed by atoms with E-state index in [1.165, 1.54) is 25.6 Å². The van der Waals surface area contributed by atoms with E-state index in [0.29, 0.717) is 5.56 Å². The van der Waals surface area contributed by atoms with E-state index in [1.54, 1.807) is 48.5 Å². The normalized spacial score (nSPS) is 22.6. The number of esters is 4. The second kappa shape index (κ2) is 14.3. The van der Waals surface area contributed by atoms with Gasteiger partial charge in [-0.25, -0.2) is 9.59 Å². The summed E-state index contributed by atoms with van der Waals surface area (Å²) in [5.74, 6) is -2.66. The molecular weight excluding hydrogens is 660 g/mol. The Balaban J connectivity index is 1.95. The van der Waals surface area contributed by atoms with Gasteiger partial charge in [-0.15, -0.1) is 11.8 Å². The van der Waals surface area contributed by atoms with Gasteiger partial charge in [0.15, 0.2) is 18.3 Å². The standard InChI is InChI=1S/C27H28Br2O9S/c1-14(2)39-27-24(36-16(4)31)23(35-15(3)30)22(38-26(33)18-7-11-20(29)12-8-18)21(37-27)13-34-25(32)17-5-9-19(28)10-6-17/h5-12,14,21-24,27H,13H2,1-4H3/t21-,22-,23+,24-,27+/m1/s1. The largest absolute Gasteiger partial charge is 0.459 e. The lowest BCUT2D eigenvalue weighted by molar-refractivity contribution is -0.228. The van der Waals surface area contributed by atoms with E-state index in [1.807, 2.05) is 13.8 Å². The number of hydrogen-bond acceptors (Lipinski definition) is 10. The number of thioether (sulfide) groups is 1. The van der Waals surface area contributed by atoms with Crippen molar-refractivity contribution >= 4 is 67.5 Å². The fourth-order valence-electron chi connectivity index (χ4n) is 3.78. The SMILES string of the molecule is CC(=O)O[C@@H]1[C@@H](OC(C)=O)[C@H](SC(C)C)O[C@H](COC(=O)c2ccc(Br)cc2)[C@H]1OC(=O)c1ccc(Br)cc1. The molecule has 2 aromatic rings. The van der Waals surface area contributed by atoms with Gasteiger partial charge >= 0.3 is 23.9 Å². The Morgan fingerprint density at radius 1 is 0.769 bits per heavy atom. The molecule has 9 nitrogen and oxygen atoms in total. The van der Waals surface area contributed by atoms with Crippen molar-refractivity contribution in [2.75, 3.05) is 6.61 Å². The van der Waals surface area contributed by atoms with Crippen molar-refractivity contribution in [3.63, 3.8) is 0 Å². The molecule has 1 fully saturated rings. The molecule has 0 radical (unpaired) electrons. The molecule has 2 aromatic carbocycles. The zero-order chi connectivity index (χ0) is 28.7. The maximum Gasteiger partial charge on any atom is 0.338 e. The highest BCUT2D eigenvalue weighted by atomic mass is 79.9. The molecule has 1 saturated heterocycles. The molecule has 1 heterocycles. The zero-order valence-electron chi connectivity index (χ0n) is 21.6. The number of carbonyl (C=O) groups excluding carboxylic acids is 4. The summed E-state index contributed by atoms with van der Waals surface area (Å²) in [6, 6.07) is 13.0. The first-order chi connectivity index (χ1) is 18.4. The first-order valence-corrected chi connectivity index (χ1v) is 14.5. The fourth-order valence-corrected chi connectivity index (χ4v) is 5.42.